The van der Waals surface area contributed by atoms with Crippen molar-refractivity contribution in [1.82, 2.24) is 10.2 Å². The number of hydrogen-bond donors (Lipinski definition) is 1. The van der Waals surface area contributed by atoms with Crippen LogP contribution in [0.1, 0.15) is 38.3 Å². The van der Waals surface area contributed by atoms with Crippen LogP contribution in [0.15, 0.2) is 24.3 Å². The maximum absolute atomic E-state index is 14.1. The Labute approximate surface area is 124 Å². The molecule has 2 rings (SSSR count). The molecule has 0 saturated carbocycles. The molecule has 5 heteroatoms. The van der Waals surface area contributed by atoms with E-state index in [0.717, 1.165) is 0 Å². The van der Waals surface area contributed by atoms with E-state index in [-0.39, 0.29) is 23.7 Å². The van der Waals surface area contributed by atoms with Crippen LogP contribution in [-0.4, -0.2) is 29.8 Å². The molecule has 0 aliphatic carbocycles. The van der Waals surface area contributed by atoms with Gasteiger partial charge in [0.15, 0.2) is 0 Å². The minimum Gasteiger partial charge on any atom is -0.354 e. The summed E-state index contributed by atoms with van der Waals surface area (Å²) < 4.78 is 14.1. The Balaban J connectivity index is 2.36. The Bertz CT molecular complexity index is 545. The third-order valence-corrected chi connectivity index (χ3v) is 3.85. The maximum atomic E-state index is 14.1. The largest absolute Gasteiger partial charge is 0.354 e. The fourth-order valence-corrected chi connectivity index (χ4v) is 2.84. The molecule has 1 heterocycles. The fourth-order valence-electron chi connectivity index (χ4n) is 2.84. The predicted octanol–water partition coefficient (Wildman–Crippen LogP) is 2.26. The van der Waals surface area contributed by atoms with Crippen LogP contribution >= 0.6 is 0 Å². The number of nitrogens with zero attached hydrogens (tertiary/aromatic N) is 1. The molecule has 2 amide bonds. The molecule has 0 aromatic heterocycles. The highest BCUT2D eigenvalue weighted by atomic mass is 19.1. The van der Waals surface area contributed by atoms with Crippen LogP contribution in [-0.2, 0) is 9.59 Å². The second-order valence-corrected chi connectivity index (χ2v) is 5.78. The number of carbonyl (C=O) groups excluding carboxylic acids is 2. The third-order valence-electron chi connectivity index (χ3n) is 3.85. The zero-order valence-electron chi connectivity index (χ0n) is 12.6. The molecule has 21 heavy (non-hydrogen) atoms. The van der Waals surface area contributed by atoms with Crippen LogP contribution in [0.2, 0.25) is 0 Å². The van der Waals surface area contributed by atoms with E-state index >= 15 is 0 Å². The number of rotatable bonds is 3. The first-order chi connectivity index (χ1) is 9.91. The lowest BCUT2D eigenvalue weighted by Gasteiger charge is -2.38. The van der Waals surface area contributed by atoms with Gasteiger partial charge in [0, 0.05) is 25.1 Å². The van der Waals surface area contributed by atoms with Crippen LogP contribution in [0.5, 0.6) is 0 Å². The number of likely N-dealkylation sites (tertiary alicyclic amines) is 1. The number of hydrogen-bond acceptors (Lipinski definition) is 2. The first-order valence-electron chi connectivity index (χ1n) is 7.22. The summed E-state index contributed by atoms with van der Waals surface area (Å²) in [6.45, 7) is 3.77. The monoisotopic (exact) mass is 292 g/mol. The molecule has 114 valence electrons. The number of carbonyl (C=O) groups is 2. The zero-order valence-corrected chi connectivity index (χ0v) is 12.6. The van der Waals surface area contributed by atoms with Gasteiger partial charge in [0.1, 0.15) is 5.82 Å². The molecule has 1 aliphatic heterocycles. The minimum absolute atomic E-state index is 0.0155. The second-order valence-electron chi connectivity index (χ2n) is 5.78. The molecular formula is C16H21FN2O2. The van der Waals surface area contributed by atoms with E-state index in [1.54, 1.807) is 25.2 Å². The van der Waals surface area contributed by atoms with Gasteiger partial charge in [-0.05, 0) is 26.3 Å². The standard InChI is InChI=1S/C16H21FN2O2/c1-10(2)18-16(21)12-8-9-14(20)19(3)15(12)11-6-4-5-7-13(11)17/h4-7,10,12,15H,8-9H2,1-3H3,(H,18,21)/t12-,15-/m1/s1. The smallest absolute Gasteiger partial charge is 0.225 e. The van der Waals surface area contributed by atoms with Gasteiger partial charge in [-0.15, -0.1) is 0 Å². The van der Waals surface area contributed by atoms with Crippen molar-refractivity contribution >= 4 is 11.8 Å². The van der Waals surface area contributed by atoms with E-state index in [0.29, 0.717) is 18.4 Å². The summed E-state index contributed by atoms with van der Waals surface area (Å²) in [5.41, 5.74) is 0.400. The van der Waals surface area contributed by atoms with Gasteiger partial charge in [-0.1, -0.05) is 18.2 Å². The average Bonchev–Trinajstić information content (AvgIpc) is 2.42. The average molecular weight is 292 g/mol. The zero-order chi connectivity index (χ0) is 15.6. The predicted molar refractivity (Wildman–Crippen MR) is 77.9 cm³/mol. The first kappa shape index (κ1) is 15.5. The molecule has 2 atom stereocenters. The minimum atomic E-state index is -0.550. The van der Waals surface area contributed by atoms with E-state index < -0.39 is 12.0 Å². The Morgan fingerprint density at radius 3 is 2.67 bits per heavy atom. The summed E-state index contributed by atoms with van der Waals surface area (Å²) >= 11 is 0. The normalized spacial score (nSPS) is 22.5. The molecule has 1 N–H and O–H groups in total. The second kappa shape index (κ2) is 6.24. The number of halogens is 1. The molecule has 1 saturated heterocycles. The van der Waals surface area contributed by atoms with Crippen molar-refractivity contribution in [3.63, 3.8) is 0 Å². The van der Waals surface area contributed by atoms with Gasteiger partial charge in [0.2, 0.25) is 11.8 Å². The molecule has 0 bridgehead atoms. The maximum Gasteiger partial charge on any atom is 0.225 e. The van der Waals surface area contributed by atoms with E-state index in [9.17, 15) is 14.0 Å². The van der Waals surface area contributed by atoms with Crippen molar-refractivity contribution in [2.75, 3.05) is 7.05 Å². The van der Waals surface area contributed by atoms with Crippen LogP contribution in [0, 0.1) is 11.7 Å². The SMILES string of the molecule is CC(C)NC(=O)[C@@H]1CCC(=O)N(C)[C@@H]1c1ccccc1F. The third kappa shape index (κ3) is 3.23. The first-order valence-corrected chi connectivity index (χ1v) is 7.22. The van der Waals surface area contributed by atoms with Crippen LogP contribution in [0.3, 0.4) is 0 Å². The molecule has 0 radical (unpaired) electrons. The summed E-state index contributed by atoms with van der Waals surface area (Å²) in [5, 5.41) is 2.87. The molecule has 0 unspecified atom stereocenters. The highest BCUT2D eigenvalue weighted by molar-refractivity contribution is 5.85. The number of nitrogens with one attached hydrogen (secondary N) is 1. The van der Waals surface area contributed by atoms with Gasteiger partial charge < -0.3 is 10.2 Å². The van der Waals surface area contributed by atoms with Crippen molar-refractivity contribution in [3.05, 3.63) is 35.6 Å². The van der Waals surface area contributed by atoms with Crippen molar-refractivity contribution in [3.8, 4) is 0 Å². The van der Waals surface area contributed by atoms with Gasteiger partial charge in [-0.3, -0.25) is 9.59 Å². The topological polar surface area (TPSA) is 49.4 Å². The van der Waals surface area contributed by atoms with Crippen molar-refractivity contribution in [1.29, 1.82) is 0 Å². The lowest BCUT2D eigenvalue weighted by atomic mass is 9.83. The van der Waals surface area contributed by atoms with Crippen molar-refractivity contribution in [2.45, 2.75) is 38.8 Å². The van der Waals surface area contributed by atoms with Crippen molar-refractivity contribution in [2.24, 2.45) is 5.92 Å². The highest BCUT2D eigenvalue weighted by Crippen LogP contribution is 2.36. The molecule has 1 aromatic carbocycles. The molecule has 1 aliphatic rings. The Morgan fingerprint density at radius 1 is 1.38 bits per heavy atom. The lowest BCUT2D eigenvalue weighted by molar-refractivity contribution is -0.141. The molecule has 1 aromatic rings. The van der Waals surface area contributed by atoms with Gasteiger partial charge in [0.25, 0.3) is 0 Å². The van der Waals surface area contributed by atoms with Gasteiger partial charge in [-0.2, -0.15) is 0 Å². The Morgan fingerprint density at radius 2 is 2.05 bits per heavy atom. The van der Waals surface area contributed by atoms with E-state index in [1.165, 1.54) is 11.0 Å². The van der Waals surface area contributed by atoms with Gasteiger partial charge in [0.05, 0.1) is 12.0 Å². The summed E-state index contributed by atoms with van der Waals surface area (Å²) in [5.74, 6) is -0.993. The summed E-state index contributed by atoms with van der Waals surface area (Å²) in [4.78, 5) is 25.8. The van der Waals surface area contributed by atoms with Gasteiger partial charge >= 0.3 is 0 Å². The van der Waals surface area contributed by atoms with Gasteiger partial charge in [-0.25, -0.2) is 4.39 Å². The summed E-state index contributed by atoms with van der Waals surface area (Å²) in [6, 6.07) is 5.80. The molecule has 4 nitrogen and oxygen atoms in total. The van der Waals surface area contributed by atoms with Crippen LogP contribution in [0.25, 0.3) is 0 Å². The molecular weight excluding hydrogens is 271 g/mol. The van der Waals surface area contributed by atoms with E-state index in [2.05, 4.69) is 5.32 Å². The van der Waals surface area contributed by atoms with E-state index in [1.807, 2.05) is 13.8 Å². The number of benzene rings is 1. The van der Waals surface area contributed by atoms with Crippen LogP contribution < -0.4 is 5.32 Å². The number of amides is 2. The summed E-state index contributed by atoms with van der Waals surface area (Å²) in [7, 11) is 1.63. The number of piperidine rings is 1. The van der Waals surface area contributed by atoms with Crippen LogP contribution in [0.4, 0.5) is 4.39 Å². The summed E-state index contributed by atoms with van der Waals surface area (Å²) in [6.07, 6.45) is 0.762. The highest BCUT2D eigenvalue weighted by Gasteiger charge is 2.39. The molecule has 1 fully saturated rings. The lowest BCUT2D eigenvalue weighted by Crippen LogP contribution is -2.47. The fraction of sp³-hybridized carbons (Fsp3) is 0.500. The van der Waals surface area contributed by atoms with Crippen molar-refractivity contribution < 1.29 is 14.0 Å². The quantitative estimate of drug-likeness (QED) is 0.929. The Kier molecular flexibility index (Phi) is 4.60. The molecule has 0 spiro atoms. The Hall–Kier alpha value is -1.91. The van der Waals surface area contributed by atoms with E-state index in [4.69, 9.17) is 0 Å².